The molecule has 0 heterocycles. The molecule has 3 nitrogen and oxygen atoms in total. The van der Waals surface area contributed by atoms with Crippen molar-refractivity contribution in [1.29, 1.82) is 5.26 Å². The van der Waals surface area contributed by atoms with Gasteiger partial charge in [-0.25, -0.2) is 8.78 Å². The van der Waals surface area contributed by atoms with Crippen LogP contribution in [0.25, 0.3) is 0 Å². The maximum absolute atomic E-state index is 13.4. The number of hydrogen-bond acceptors (Lipinski definition) is 3. The van der Waals surface area contributed by atoms with Gasteiger partial charge in [0.05, 0.1) is 18.2 Å². The molecule has 1 unspecified atom stereocenters. The van der Waals surface area contributed by atoms with Crippen LogP contribution < -0.4 is 4.74 Å². The van der Waals surface area contributed by atoms with E-state index in [1.165, 1.54) is 0 Å². The molecule has 1 atom stereocenters. The number of benzene rings is 1. The molecule has 5 heteroatoms. The van der Waals surface area contributed by atoms with Gasteiger partial charge in [-0.05, 0) is 26.0 Å². The molecule has 92 valence electrons. The SMILES string of the molecule is CCOCC(C)Oc1c(F)cc(C#N)cc1F. The minimum Gasteiger partial charge on any atom is -0.482 e. The largest absolute Gasteiger partial charge is 0.482 e. The van der Waals surface area contributed by atoms with E-state index in [4.69, 9.17) is 14.7 Å². The lowest BCUT2D eigenvalue weighted by Gasteiger charge is -2.15. The van der Waals surface area contributed by atoms with E-state index in [2.05, 4.69) is 0 Å². The van der Waals surface area contributed by atoms with E-state index in [9.17, 15) is 8.78 Å². The van der Waals surface area contributed by atoms with Crippen LogP contribution in [0.15, 0.2) is 12.1 Å². The van der Waals surface area contributed by atoms with Crippen LogP contribution in [0.2, 0.25) is 0 Å². The standard InChI is InChI=1S/C12H13F2NO2/c1-3-16-7-8(2)17-12-10(13)4-9(6-15)5-11(12)14/h4-5,8H,3,7H2,1-2H3. The van der Waals surface area contributed by atoms with Gasteiger partial charge >= 0.3 is 0 Å². The third-order valence-corrected chi connectivity index (χ3v) is 2.00. The van der Waals surface area contributed by atoms with Gasteiger partial charge in [-0.2, -0.15) is 5.26 Å². The number of ether oxygens (including phenoxy) is 2. The monoisotopic (exact) mass is 241 g/mol. The van der Waals surface area contributed by atoms with E-state index in [0.717, 1.165) is 12.1 Å². The zero-order valence-electron chi connectivity index (χ0n) is 9.67. The van der Waals surface area contributed by atoms with Crippen LogP contribution in [0.1, 0.15) is 19.4 Å². The molecule has 0 radical (unpaired) electrons. The first-order valence-corrected chi connectivity index (χ1v) is 5.22. The summed E-state index contributed by atoms with van der Waals surface area (Å²) in [5, 5.41) is 8.53. The average Bonchev–Trinajstić information content (AvgIpc) is 2.30. The average molecular weight is 241 g/mol. The molecule has 1 rings (SSSR count). The fourth-order valence-corrected chi connectivity index (χ4v) is 1.26. The van der Waals surface area contributed by atoms with Gasteiger partial charge in [0.1, 0.15) is 6.10 Å². The van der Waals surface area contributed by atoms with Gasteiger partial charge in [0.2, 0.25) is 0 Å². The van der Waals surface area contributed by atoms with Gasteiger partial charge in [0, 0.05) is 6.61 Å². The molecule has 0 N–H and O–H groups in total. The first kappa shape index (κ1) is 13.4. The Morgan fingerprint density at radius 2 is 1.94 bits per heavy atom. The molecule has 0 aromatic heterocycles. The first-order valence-electron chi connectivity index (χ1n) is 5.22. The van der Waals surface area contributed by atoms with Crippen LogP contribution in [0.4, 0.5) is 8.78 Å². The van der Waals surface area contributed by atoms with Crippen LogP contribution in [-0.4, -0.2) is 19.3 Å². The summed E-state index contributed by atoms with van der Waals surface area (Å²) >= 11 is 0. The zero-order valence-corrected chi connectivity index (χ0v) is 9.67. The minimum atomic E-state index is -0.884. The van der Waals surface area contributed by atoms with Crippen LogP contribution in [0, 0.1) is 23.0 Å². The van der Waals surface area contributed by atoms with E-state index >= 15 is 0 Å². The van der Waals surface area contributed by atoms with Gasteiger partial charge in [-0.15, -0.1) is 0 Å². The van der Waals surface area contributed by atoms with Crippen LogP contribution in [0.5, 0.6) is 5.75 Å². The van der Waals surface area contributed by atoms with Crippen LogP contribution in [-0.2, 0) is 4.74 Å². The first-order chi connectivity index (χ1) is 8.08. The summed E-state index contributed by atoms with van der Waals surface area (Å²) in [6.07, 6.45) is -0.466. The second-order valence-corrected chi connectivity index (χ2v) is 3.47. The lowest BCUT2D eigenvalue weighted by atomic mass is 10.2. The second kappa shape index (κ2) is 6.16. The smallest absolute Gasteiger partial charge is 0.191 e. The second-order valence-electron chi connectivity index (χ2n) is 3.47. The summed E-state index contributed by atoms with van der Waals surface area (Å²) in [4.78, 5) is 0. The van der Waals surface area contributed by atoms with E-state index in [0.29, 0.717) is 6.61 Å². The van der Waals surface area contributed by atoms with Crippen molar-refractivity contribution in [3.8, 4) is 11.8 Å². The fraction of sp³-hybridized carbons (Fsp3) is 0.417. The highest BCUT2D eigenvalue weighted by atomic mass is 19.1. The Balaban J connectivity index is 2.81. The van der Waals surface area contributed by atoms with Crippen LogP contribution in [0.3, 0.4) is 0 Å². The fourth-order valence-electron chi connectivity index (χ4n) is 1.26. The zero-order chi connectivity index (χ0) is 12.8. The van der Waals surface area contributed by atoms with Crippen LogP contribution >= 0.6 is 0 Å². The molecule has 0 fully saturated rings. The highest BCUT2D eigenvalue weighted by Crippen LogP contribution is 2.24. The maximum Gasteiger partial charge on any atom is 0.191 e. The predicted molar refractivity (Wildman–Crippen MR) is 57.7 cm³/mol. The van der Waals surface area contributed by atoms with Crippen molar-refractivity contribution in [3.05, 3.63) is 29.3 Å². The Morgan fingerprint density at radius 1 is 1.35 bits per heavy atom. The number of halogens is 2. The Bertz CT molecular complexity index is 406. The Labute approximate surface area is 98.6 Å². The molecule has 1 aromatic carbocycles. The van der Waals surface area contributed by atoms with Crippen molar-refractivity contribution in [3.63, 3.8) is 0 Å². The minimum absolute atomic E-state index is 0.0789. The molecule has 1 aromatic rings. The van der Waals surface area contributed by atoms with Crippen molar-refractivity contribution >= 4 is 0 Å². The number of nitriles is 1. The summed E-state index contributed by atoms with van der Waals surface area (Å²) in [5.74, 6) is -2.24. The van der Waals surface area contributed by atoms with Crippen molar-refractivity contribution in [2.24, 2.45) is 0 Å². The molecule has 0 spiro atoms. The Hall–Kier alpha value is -1.67. The normalized spacial score (nSPS) is 11.9. The Morgan fingerprint density at radius 3 is 2.41 bits per heavy atom. The molecule has 0 saturated carbocycles. The molecular weight excluding hydrogens is 228 g/mol. The molecule has 0 aliphatic rings. The molecule has 0 aliphatic carbocycles. The summed E-state index contributed by atoms with van der Waals surface area (Å²) < 4.78 is 37.0. The lowest BCUT2D eigenvalue weighted by molar-refractivity contribution is 0.0614. The highest BCUT2D eigenvalue weighted by Gasteiger charge is 2.15. The molecular formula is C12H13F2NO2. The molecule has 0 saturated heterocycles. The van der Waals surface area contributed by atoms with Gasteiger partial charge in [0.15, 0.2) is 17.4 Å². The summed E-state index contributed by atoms with van der Waals surface area (Å²) in [7, 11) is 0. The molecule has 17 heavy (non-hydrogen) atoms. The van der Waals surface area contributed by atoms with Crippen molar-refractivity contribution < 1.29 is 18.3 Å². The molecule has 0 aliphatic heterocycles. The van der Waals surface area contributed by atoms with Gasteiger partial charge in [0.25, 0.3) is 0 Å². The maximum atomic E-state index is 13.4. The quantitative estimate of drug-likeness (QED) is 0.795. The molecule has 0 bridgehead atoms. The van der Waals surface area contributed by atoms with Crippen molar-refractivity contribution in [2.75, 3.05) is 13.2 Å². The topological polar surface area (TPSA) is 42.2 Å². The van der Waals surface area contributed by atoms with E-state index in [1.807, 2.05) is 6.92 Å². The summed E-state index contributed by atoms with van der Waals surface area (Å²) in [5.41, 5.74) is -0.0789. The Kier molecular flexibility index (Phi) is 4.85. The van der Waals surface area contributed by atoms with Crippen molar-refractivity contribution in [2.45, 2.75) is 20.0 Å². The van der Waals surface area contributed by atoms with E-state index < -0.39 is 23.5 Å². The van der Waals surface area contributed by atoms with Gasteiger partial charge in [-0.3, -0.25) is 0 Å². The van der Waals surface area contributed by atoms with Gasteiger partial charge < -0.3 is 9.47 Å². The number of rotatable bonds is 5. The number of nitrogens with zero attached hydrogens (tertiary/aromatic N) is 1. The third kappa shape index (κ3) is 3.68. The van der Waals surface area contributed by atoms with E-state index in [-0.39, 0.29) is 12.2 Å². The lowest BCUT2D eigenvalue weighted by Crippen LogP contribution is -2.20. The van der Waals surface area contributed by atoms with Gasteiger partial charge in [-0.1, -0.05) is 0 Å². The molecule has 0 amide bonds. The summed E-state index contributed by atoms with van der Waals surface area (Å²) in [6.45, 7) is 4.21. The third-order valence-electron chi connectivity index (χ3n) is 2.00. The highest BCUT2D eigenvalue weighted by molar-refractivity contribution is 5.37. The van der Waals surface area contributed by atoms with E-state index in [1.54, 1.807) is 13.0 Å². The number of hydrogen-bond donors (Lipinski definition) is 0. The predicted octanol–water partition coefficient (Wildman–Crippen LogP) is 2.64. The summed E-state index contributed by atoms with van der Waals surface area (Å²) in [6, 6.07) is 3.54. The van der Waals surface area contributed by atoms with Crippen molar-refractivity contribution in [1.82, 2.24) is 0 Å².